The molecular formula is C15H17NO2S. The molecule has 0 radical (unpaired) electrons. The summed E-state index contributed by atoms with van der Waals surface area (Å²) in [7, 11) is -3.11. The molecule has 0 aromatic heterocycles. The molecule has 2 aromatic carbocycles. The third-order valence-corrected chi connectivity index (χ3v) is 5.74. The molecule has 0 amide bonds. The second kappa shape index (κ2) is 4.62. The number of hydrogen-bond acceptors (Lipinski definition) is 2. The van der Waals surface area contributed by atoms with Crippen molar-refractivity contribution in [2.45, 2.75) is 19.9 Å². The molecular weight excluding hydrogens is 258 g/mol. The lowest BCUT2D eigenvalue weighted by Crippen LogP contribution is -2.31. The number of sulfonamides is 1. The van der Waals surface area contributed by atoms with Gasteiger partial charge in [0.25, 0.3) is 0 Å². The van der Waals surface area contributed by atoms with Crippen LogP contribution < -0.4 is 0 Å². The van der Waals surface area contributed by atoms with Crippen LogP contribution in [-0.2, 0) is 23.0 Å². The average Bonchev–Trinajstić information content (AvgIpc) is 2.55. The number of nitrogens with zero attached hydrogens (tertiary/aromatic N) is 1. The molecule has 0 aliphatic carbocycles. The van der Waals surface area contributed by atoms with Gasteiger partial charge in [-0.25, -0.2) is 8.42 Å². The molecule has 1 aliphatic rings. The number of aryl methyl sites for hydroxylation is 1. The van der Waals surface area contributed by atoms with E-state index < -0.39 is 10.0 Å². The zero-order valence-corrected chi connectivity index (χ0v) is 11.8. The largest absolute Gasteiger partial charge is 0.214 e. The van der Waals surface area contributed by atoms with Crippen molar-refractivity contribution in [1.82, 2.24) is 4.31 Å². The lowest BCUT2D eigenvalue weighted by molar-refractivity contribution is 0.428. The lowest BCUT2D eigenvalue weighted by Gasteiger charge is -2.18. The molecule has 1 aliphatic heterocycles. The van der Waals surface area contributed by atoms with Crippen LogP contribution >= 0.6 is 0 Å². The van der Waals surface area contributed by atoms with Gasteiger partial charge in [0, 0.05) is 13.1 Å². The molecule has 0 spiro atoms. The van der Waals surface area contributed by atoms with Crippen molar-refractivity contribution in [2.24, 2.45) is 0 Å². The molecule has 0 saturated heterocycles. The minimum Gasteiger partial charge on any atom is -0.212 e. The van der Waals surface area contributed by atoms with Crippen molar-refractivity contribution in [3.63, 3.8) is 0 Å². The number of hydrogen-bond donors (Lipinski definition) is 0. The molecule has 0 N–H and O–H groups in total. The maximum absolute atomic E-state index is 12.2. The van der Waals surface area contributed by atoms with Gasteiger partial charge < -0.3 is 0 Å². The standard InChI is InChI=1S/C15H17NO2S/c1-2-16-11-15-13(9-10-19(16,17)18)8-7-12-5-3-4-6-14(12)15/h3-8H,2,9-11H2,1H3. The zero-order chi connectivity index (χ0) is 13.5. The van der Waals surface area contributed by atoms with Gasteiger partial charge >= 0.3 is 0 Å². The molecule has 100 valence electrons. The van der Waals surface area contributed by atoms with E-state index in [1.165, 1.54) is 21.9 Å². The normalized spacial score (nSPS) is 19.0. The van der Waals surface area contributed by atoms with E-state index in [1.54, 1.807) is 4.31 Å². The molecule has 3 rings (SSSR count). The second-order valence-electron chi connectivity index (χ2n) is 4.92. The predicted molar refractivity (Wildman–Crippen MR) is 77.5 cm³/mol. The molecule has 2 aromatic rings. The molecule has 0 atom stereocenters. The quantitative estimate of drug-likeness (QED) is 0.802. The molecule has 4 heteroatoms. The van der Waals surface area contributed by atoms with Gasteiger partial charge in [0.2, 0.25) is 10.0 Å². The van der Waals surface area contributed by atoms with Crippen molar-refractivity contribution in [3.8, 4) is 0 Å². The van der Waals surface area contributed by atoms with Crippen LogP contribution in [0.2, 0.25) is 0 Å². The van der Waals surface area contributed by atoms with Crippen LogP contribution in [0.1, 0.15) is 18.1 Å². The van der Waals surface area contributed by atoms with Crippen LogP contribution in [0.3, 0.4) is 0 Å². The summed E-state index contributed by atoms with van der Waals surface area (Å²) in [6.07, 6.45) is 0.610. The summed E-state index contributed by atoms with van der Waals surface area (Å²) in [4.78, 5) is 0. The first-order valence-electron chi connectivity index (χ1n) is 6.59. The molecule has 3 nitrogen and oxygen atoms in total. The van der Waals surface area contributed by atoms with E-state index >= 15 is 0 Å². The van der Waals surface area contributed by atoms with Crippen LogP contribution in [-0.4, -0.2) is 25.0 Å². The minimum atomic E-state index is -3.11. The fourth-order valence-electron chi connectivity index (χ4n) is 2.75. The summed E-state index contributed by atoms with van der Waals surface area (Å²) in [6, 6.07) is 12.3. The Bertz CT molecular complexity index is 722. The first-order chi connectivity index (χ1) is 9.12. The summed E-state index contributed by atoms with van der Waals surface area (Å²) in [5.41, 5.74) is 2.33. The summed E-state index contributed by atoms with van der Waals surface area (Å²) in [5, 5.41) is 2.35. The molecule has 0 saturated carbocycles. The zero-order valence-electron chi connectivity index (χ0n) is 11.0. The summed E-state index contributed by atoms with van der Waals surface area (Å²) >= 11 is 0. The van der Waals surface area contributed by atoms with Gasteiger partial charge in [0.1, 0.15) is 0 Å². The molecule has 1 heterocycles. The number of fused-ring (bicyclic) bond motifs is 3. The second-order valence-corrected chi connectivity index (χ2v) is 7.01. The topological polar surface area (TPSA) is 37.4 Å². The van der Waals surface area contributed by atoms with Crippen molar-refractivity contribution in [3.05, 3.63) is 47.5 Å². The Morgan fingerprint density at radius 1 is 1.16 bits per heavy atom. The summed E-state index contributed by atoms with van der Waals surface area (Å²) < 4.78 is 25.9. The monoisotopic (exact) mass is 275 g/mol. The predicted octanol–water partition coefficient (Wildman–Crippen LogP) is 2.55. The summed E-state index contributed by atoms with van der Waals surface area (Å²) in [5.74, 6) is 0.214. The number of rotatable bonds is 1. The molecule has 0 bridgehead atoms. The average molecular weight is 275 g/mol. The third-order valence-electron chi connectivity index (χ3n) is 3.85. The van der Waals surface area contributed by atoms with Crippen molar-refractivity contribution in [2.75, 3.05) is 12.3 Å². The highest BCUT2D eigenvalue weighted by atomic mass is 32.2. The Hall–Kier alpha value is -1.39. The first kappa shape index (κ1) is 12.6. The van der Waals surface area contributed by atoms with Crippen molar-refractivity contribution < 1.29 is 8.42 Å². The van der Waals surface area contributed by atoms with Gasteiger partial charge in [-0.1, -0.05) is 43.3 Å². The van der Waals surface area contributed by atoms with Crippen LogP contribution in [0.4, 0.5) is 0 Å². The molecule has 0 unspecified atom stereocenters. The van der Waals surface area contributed by atoms with E-state index in [4.69, 9.17) is 0 Å². The van der Waals surface area contributed by atoms with E-state index in [2.05, 4.69) is 24.3 Å². The highest BCUT2D eigenvalue weighted by molar-refractivity contribution is 7.89. The highest BCUT2D eigenvalue weighted by Crippen LogP contribution is 2.28. The fourth-order valence-corrected chi connectivity index (χ4v) is 4.21. The van der Waals surface area contributed by atoms with E-state index in [0.29, 0.717) is 19.5 Å². The number of benzene rings is 2. The van der Waals surface area contributed by atoms with Gasteiger partial charge in [0.05, 0.1) is 5.75 Å². The third kappa shape index (κ3) is 2.15. The van der Waals surface area contributed by atoms with Crippen LogP contribution in [0.5, 0.6) is 0 Å². The van der Waals surface area contributed by atoms with Crippen LogP contribution in [0, 0.1) is 0 Å². The molecule has 0 fully saturated rings. The highest BCUT2D eigenvalue weighted by Gasteiger charge is 2.26. The SMILES string of the molecule is CCN1Cc2c(ccc3ccccc23)CCS1(=O)=O. The van der Waals surface area contributed by atoms with Crippen molar-refractivity contribution in [1.29, 1.82) is 0 Å². The van der Waals surface area contributed by atoms with E-state index in [9.17, 15) is 8.42 Å². The minimum absolute atomic E-state index is 0.214. The maximum Gasteiger partial charge on any atom is 0.214 e. The maximum atomic E-state index is 12.2. The van der Waals surface area contributed by atoms with E-state index in [-0.39, 0.29) is 5.75 Å². The Morgan fingerprint density at radius 2 is 1.95 bits per heavy atom. The smallest absolute Gasteiger partial charge is 0.212 e. The fraction of sp³-hybridized carbons (Fsp3) is 0.333. The van der Waals surface area contributed by atoms with Gasteiger partial charge in [-0.2, -0.15) is 4.31 Å². The van der Waals surface area contributed by atoms with Gasteiger partial charge in [-0.3, -0.25) is 0 Å². The Kier molecular flexibility index (Phi) is 3.07. The first-order valence-corrected chi connectivity index (χ1v) is 8.20. The van der Waals surface area contributed by atoms with Gasteiger partial charge in [0.15, 0.2) is 0 Å². The van der Waals surface area contributed by atoms with Gasteiger partial charge in [-0.15, -0.1) is 0 Å². The lowest BCUT2D eigenvalue weighted by atomic mass is 9.97. The Labute approximate surface area is 113 Å². The Morgan fingerprint density at radius 3 is 2.74 bits per heavy atom. The van der Waals surface area contributed by atoms with E-state index in [1.807, 2.05) is 19.1 Å². The van der Waals surface area contributed by atoms with E-state index in [0.717, 1.165) is 0 Å². The molecule has 19 heavy (non-hydrogen) atoms. The Balaban J connectivity index is 2.21. The van der Waals surface area contributed by atoms with Crippen molar-refractivity contribution >= 4 is 20.8 Å². The summed E-state index contributed by atoms with van der Waals surface area (Å²) in [6.45, 7) is 2.92. The van der Waals surface area contributed by atoms with Crippen LogP contribution in [0.15, 0.2) is 36.4 Å². The van der Waals surface area contributed by atoms with Gasteiger partial charge in [-0.05, 0) is 28.3 Å². The van der Waals surface area contributed by atoms with Crippen LogP contribution in [0.25, 0.3) is 10.8 Å².